The molecule has 6 nitrogen and oxygen atoms in total. The number of ether oxygens (including phenoxy) is 1. The Kier molecular flexibility index (Phi) is 6.86. The molecule has 0 unspecified atom stereocenters. The number of nitrogens with one attached hydrogen (secondary N) is 1. The van der Waals surface area contributed by atoms with Crippen molar-refractivity contribution in [1.82, 2.24) is 9.55 Å². The zero-order valence-electron chi connectivity index (χ0n) is 15.0. The molecule has 0 fully saturated rings. The summed E-state index contributed by atoms with van der Waals surface area (Å²) in [6.07, 6.45) is 0.769. The summed E-state index contributed by atoms with van der Waals surface area (Å²) in [7, 11) is 1.59. The van der Waals surface area contributed by atoms with Crippen molar-refractivity contribution >= 4 is 46.7 Å². The molecular weight excluding hydrogens is 406 g/mol. The molecule has 1 aromatic heterocycles. The lowest BCUT2D eigenvalue weighted by atomic mass is 10.2. The van der Waals surface area contributed by atoms with Gasteiger partial charge in [-0.3, -0.25) is 14.2 Å². The van der Waals surface area contributed by atoms with Gasteiger partial charge in [-0.1, -0.05) is 30.3 Å². The number of aromatic nitrogens is 2. The van der Waals surface area contributed by atoms with E-state index in [1.165, 1.54) is 11.8 Å². The topological polar surface area (TPSA) is 73.2 Å². The lowest BCUT2D eigenvalue weighted by Gasteiger charge is -2.13. The van der Waals surface area contributed by atoms with Crippen LogP contribution >= 0.6 is 35.1 Å². The number of hydrogen-bond acceptors (Lipinski definition) is 6. The Bertz CT molecular complexity index is 887. The summed E-state index contributed by atoms with van der Waals surface area (Å²) in [6, 6.07) is 6.92. The molecule has 0 saturated heterocycles. The summed E-state index contributed by atoms with van der Waals surface area (Å²) in [5.41, 5.74) is 1.45. The first kappa shape index (κ1) is 20.3. The molecule has 0 saturated carbocycles. The first-order valence-electron chi connectivity index (χ1n) is 8.45. The van der Waals surface area contributed by atoms with Crippen molar-refractivity contribution in [2.24, 2.45) is 0 Å². The highest BCUT2D eigenvalue weighted by atomic mass is 35.5. The fourth-order valence-corrected chi connectivity index (χ4v) is 4.76. The molecule has 1 aliphatic rings. The van der Waals surface area contributed by atoms with Gasteiger partial charge in [0.2, 0.25) is 5.91 Å². The lowest BCUT2D eigenvalue weighted by molar-refractivity contribution is -0.113. The number of halogens is 1. The van der Waals surface area contributed by atoms with Crippen molar-refractivity contribution in [2.45, 2.75) is 35.2 Å². The predicted octanol–water partition coefficient (Wildman–Crippen LogP) is 3.31. The minimum Gasteiger partial charge on any atom is -0.383 e. The van der Waals surface area contributed by atoms with Gasteiger partial charge in [-0.15, -0.1) is 11.8 Å². The molecule has 3 rings (SSSR count). The van der Waals surface area contributed by atoms with E-state index in [1.54, 1.807) is 47.7 Å². The lowest BCUT2D eigenvalue weighted by Crippen LogP contribution is -2.27. The van der Waals surface area contributed by atoms with E-state index in [9.17, 15) is 9.59 Å². The number of fused-ring (bicyclic) bond motifs is 1. The second-order valence-electron chi connectivity index (χ2n) is 6.10. The Morgan fingerprint density at radius 3 is 2.89 bits per heavy atom. The van der Waals surface area contributed by atoms with Crippen LogP contribution in [0.2, 0.25) is 5.02 Å². The van der Waals surface area contributed by atoms with Crippen molar-refractivity contribution in [2.75, 3.05) is 24.8 Å². The van der Waals surface area contributed by atoms with Gasteiger partial charge in [0.15, 0.2) is 5.16 Å². The maximum atomic E-state index is 12.8. The molecule has 1 atom stereocenters. The van der Waals surface area contributed by atoms with Crippen molar-refractivity contribution in [3.05, 3.63) is 45.3 Å². The standard InChI is InChI=1S/C18H20ClN3O3S2/c1-11-9-14-16(27-11)17(24)22(7-8-25-2)18(21-14)26-10-15(23)20-13-5-3-12(19)4-6-13/h3-6,11H,7-10H2,1-2H3,(H,20,23)/t11-/m0/s1. The van der Waals surface area contributed by atoms with Crippen molar-refractivity contribution < 1.29 is 9.53 Å². The largest absolute Gasteiger partial charge is 0.383 e. The third-order valence-electron chi connectivity index (χ3n) is 3.94. The fourth-order valence-electron chi connectivity index (χ4n) is 2.68. The van der Waals surface area contributed by atoms with E-state index in [1.807, 2.05) is 0 Å². The van der Waals surface area contributed by atoms with Gasteiger partial charge in [0.05, 0.1) is 29.5 Å². The summed E-state index contributed by atoms with van der Waals surface area (Å²) < 4.78 is 6.72. The number of benzene rings is 1. The Labute approximate surface area is 171 Å². The maximum absolute atomic E-state index is 12.8. The minimum atomic E-state index is -0.168. The van der Waals surface area contributed by atoms with E-state index in [-0.39, 0.29) is 17.2 Å². The second-order valence-corrected chi connectivity index (χ2v) is 8.92. The molecule has 2 heterocycles. The number of nitrogens with zero attached hydrogens (tertiary/aromatic N) is 2. The number of carbonyl (C=O) groups excluding carboxylic acids is 1. The third kappa shape index (κ3) is 5.07. The quantitative estimate of drug-likeness (QED) is 0.542. The van der Waals surface area contributed by atoms with Crippen LogP contribution in [0.1, 0.15) is 12.6 Å². The van der Waals surface area contributed by atoms with Crippen molar-refractivity contribution in [3.63, 3.8) is 0 Å². The van der Waals surface area contributed by atoms with Crippen molar-refractivity contribution in [1.29, 1.82) is 0 Å². The highest BCUT2D eigenvalue weighted by Crippen LogP contribution is 2.34. The summed E-state index contributed by atoms with van der Waals surface area (Å²) in [6.45, 7) is 2.90. The summed E-state index contributed by atoms with van der Waals surface area (Å²) in [4.78, 5) is 30.5. The van der Waals surface area contributed by atoms with E-state index in [0.717, 1.165) is 12.1 Å². The third-order valence-corrected chi connectivity index (χ3v) is 6.39. The van der Waals surface area contributed by atoms with Crippen LogP contribution in [-0.2, 0) is 22.5 Å². The van der Waals surface area contributed by atoms with Gasteiger partial charge in [-0.05, 0) is 24.3 Å². The molecule has 27 heavy (non-hydrogen) atoms. The van der Waals surface area contributed by atoms with Crippen LogP contribution in [-0.4, -0.2) is 40.2 Å². The van der Waals surface area contributed by atoms with Crippen LogP contribution in [0.3, 0.4) is 0 Å². The number of carbonyl (C=O) groups is 1. The number of thioether (sulfide) groups is 2. The van der Waals surface area contributed by atoms with E-state index in [2.05, 4.69) is 17.2 Å². The molecule has 1 amide bonds. The Morgan fingerprint density at radius 1 is 1.44 bits per heavy atom. The monoisotopic (exact) mass is 425 g/mol. The van der Waals surface area contributed by atoms with Crippen molar-refractivity contribution in [3.8, 4) is 0 Å². The van der Waals surface area contributed by atoms with E-state index >= 15 is 0 Å². The van der Waals surface area contributed by atoms with E-state index < -0.39 is 0 Å². The summed E-state index contributed by atoms with van der Waals surface area (Å²) in [5, 5.41) is 4.31. The molecular formula is C18H20ClN3O3S2. The number of methoxy groups -OCH3 is 1. The van der Waals surface area contributed by atoms with Gasteiger partial charge in [0.1, 0.15) is 0 Å². The van der Waals surface area contributed by atoms with E-state index in [0.29, 0.717) is 39.2 Å². The smallest absolute Gasteiger partial charge is 0.268 e. The Balaban J connectivity index is 1.74. The highest BCUT2D eigenvalue weighted by molar-refractivity contribution is 8.00. The zero-order valence-corrected chi connectivity index (χ0v) is 17.4. The van der Waals surface area contributed by atoms with Gasteiger partial charge in [-0.25, -0.2) is 4.98 Å². The van der Waals surface area contributed by atoms with Crippen LogP contribution in [0.25, 0.3) is 0 Å². The molecule has 0 bridgehead atoms. The van der Waals surface area contributed by atoms with Crippen LogP contribution in [0.15, 0.2) is 39.1 Å². The zero-order chi connectivity index (χ0) is 19.4. The molecule has 1 aromatic carbocycles. The number of rotatable bonds is 7. The summed E-state index contributed by atoms with van der Waals surface area (Å²) in [5.74, 6) is -0.0121. The van der Waals surface area contributed by atoms with Gasteiger partial charge < -0.3 is 10.1 Å². The van der Waals surface area contributed by atoms with Gasteiger partial charge in [-0.2, -0.15) is 0 Å². The maximum Gasteiger partial charge on any atom is 0.268 e. The van der Waals surface area contributed by atoms with Crippen LogP contribution in [0.4, 0.5) is 5.69 Å². The molecule has 144 valence electrons. The van der Waals surface area contributed by atoms with E-state index in [4.69, 9.17) is 16.3 Å². The molecule has 0 aliphatic carbocycles. The first-order chi connectivity index (χ1) is 13.0. The molecule has 0 radical (unpaired) electrons. The predicted molar refractivity (Wildman–Crippen MR) is 110 cm³/mol. The second kappa shape index (κ2) is 9.14. The highest BCUT2D eigenvalue weighted by Gasteiger charge is 2.26. The average Bonchev–Trinajstić information content (AvgIpc) is 3.02. The van der Waals surface area contributed by atoms with Gasteiger partial charge in [0, 0.05) is 29.5 Å². The molecule has 1 N–H and O–H groups in total. The summed E-state index contributed by atoms with van der Waals surface area (Å²) >= 11 is 8.67. The molecule has 9 heteroatoms. The molecule has 0 spiro atoms. The first-order valence-corrected chi connectivity index (χ1v) is 10.7. The Hall–Kier alpha value is -1.48. The van der Waals surface area contributed by atoms with Crippen LogP contribution in [0.5, 0.6) is 0 Å². The normalized spacial score (nSPS) is 15.6. The van der Waals surface area contributed by atoms with Gasteiger partial charge in [0.25, 0.3) is 5.56 Å². The Morgan fingerprint density at radius 2 is 2.19 bits per heavy atom. The van der Waals surface area contributed by atoms with Crippen LogP contribution in [0, 0.1) is 0 Å². The molecule has 2 aromatic rings. The molecule has 1 aliphatic heterocycles. The fraction of sp³-hybridized carbons (Fsp3) is 0.389. The van der Waals surface area contributed by atoms with Crippen LogP contribution < -0.4 is 10.9 Å². The average molecular weight is 426 g/mol. The minimum absolute atomic E-state index is 0.0491. The number of hydrogen-bond donors (Lipinski definition) is 1. The van der Waals surface area contributed by atoms with Gasteiger partial charge >= 0.3 is 0 Å². The number of anilines is 1. The number of amides is 1. The SMILES string of the molecule is COCCn1c(SCC(=O)Nc2ccc(Cl)cc2)nc2c(c1=O)S[C@@H](C)C2.